The van der Waals surface area contributed by atoms with E-state index in [-0.39, 0.29) is 11.9 Å². The number of nitrogens with zero attached hydrogens (tertiary/aromatic N) is 3. The minimum Gasteiger partial charge on any atom is -0.343 e. The van der Waals surface area contributed by atoms with Gasteiger partial charge in [-0.1, -0.05) is 42.5 Å². The third-order valence-electron chi connectivity index (χ3n) is 4.32. The minimum absolute atomic E-state index is 0.118. The van der Waals surface area contributed by atoms with Gasteiger partial charge in [0.05, 0.1) is 25.0 Å². The number of aromatic nitrogens is 3. The molecule has 0 bridgehead atoms. The van der Waals surface area contributed by atoms with E-state index in [1.165, 1.54) is 5.56 Å². The third kappa shape index (κ3) is 4.12. The summed E-state index contributed by atoms with van der Waals surface area (Å²) < 4.78 is 0. The number of carbonyl (C=O) groups excluding carboxylic acids is 1. The molecule has 5 nitrogen and oxygen atoms in total. The van der Waals surface area contributed by atoms with Crippen molar-refractivity contribution < 1.29 is 4.79 Å². The molecule has 0 spiro atoms. The third-order valence-corrected chi connectivity index (χ3v) is 5.00. The summed E-state index contributed by atoms with van der Waals surface area (Å²) in [6, 6.07) is 19.4. The highest BCUT2D eigenvalue weighted by molar-refractivity contribution is 7.08. The van der Waals surface area contributed by atoms with Crippen molar-refractivity contribution in [1.29, 1.82) is 0 Å². The maximum absolute atomic E-state index is 12.8. The maximum Gasteiger partial charge on any atom is 0.251 e. The average Bonchev–Trinajstić information content (AvgIpc) is 3.42. The molecule has 2 aromatic heterocycles. The van der Waals surface area contributed by atoms with Crippen LogP contribution in [0.2, 0.25) is 0 Å². The predicted molar refractivity (Wildman–Crippen MR) is 106 cm³/mol. The lowest BCUT2D eigenvalue weighted by atomic mass is 10.0. The zero-order chi connectivity index (χ0) is 18.5. The first-order valence-electron chi connectivity index (χ1n) is 8.62. The smallest absolute Gasteiger partial charge is 0.251 e. The van der Waals surface area contributed by atoms with Gasteiger partial charge in [-0.25, -0.2) is 0 Å². The largest absolute Gasteiger partial charge is 0.343 e. The Kier molecular flexibility index (Phi) is 5.07. The molecule has 134 valence electrons. The van der Waals surface area contributed by atoms with E-state index in [9.17, 15) is 4.79 Å². The highest BCUT2D eigenvalue weighted by Gasteiger charge is 2.17. The minimum atomic E-state index is -0.220. The molecule has 4 rings (SSSR count). The molecule has 1 amide bonds. The van der Waals surface area contributed by atoms with Gasteiger partial charge in [0.1, 0.15) is 0 Å². The van der Waals surface area contributed by atoms with Gasteiger partial charge in [0.2, 0.25) is 0 Å². The first kappa shape index (κ1) is 17.2. The summed E-state index contributed by atoms with van der Waals surface area (Å²) in [5.74, 6) is -0.118. The topological polar surface area (TPSA) is 59.8 Å². The summed E-state index contributed by atoms with van der Waals surface area (Å²) >= 11 is 1.66. The van der Waals surface area contributed by atoms with Crippen LogP contribution in [0.1, 0.15) is 22.0 Å². The fraction of sp³-hybridized carbons (Fsp3) is 0.0952. The van der Waals surface area contributed by atoms with Gasteiger partial charge in [-0.15, -0.1) is 0 Å². The fourth-order valence-electron chi connectivity index (χ4n) is 2.91. The molecule has 0 saturated heterocycles. The number of carbonyl (C=O) groups is 1. The van der Waals surface area contributed by atoms with E-state index in [0.29, 0.717) is 12.1 Å². The van der Waals surface area contributed by atoms with Crippen molar-refractivity contribution in [3.63, 3.8) is 0 Å². The van der Waals surface area contributed by atoms with Crippen molar-refractivity contribution in [3.8, 4) is 11.1 Å². The molecule has 0 aliphatic heterocycles. The zero-order valence-electron chi connectivity index (χ0n) is 14.5. The summed E-state index contributed by atoms with van der Waals surface area (Å²) in [6.07, 6.45) is 3.26. The Hall–Kier alpha value is -3.25. The summed E-state index contributed by atoms with van der Waals surface area (Å²) in [5, 5.41) is 15.6. The lowest BCUT2D eigenvalue weighted by molar-refractivity contribution is 0.0931. The molecule has 6 heteroatoms. The molecule has 1 N–H and O–H groups in total. The molecular formula is C21H18N4OS. The van der Waals surface area contributed by atoms with Crippen LogP contribution < -0.4 is 5.32 Å². The van der Waals surface area contributed by atoms with Crippen LogP contribution in [0.15, 0.2) is 83.8 Å². The molecular weight excluding hydrogens is 356 g/mol. The second-order valence-electron chi connectivity index (χ2n) is 6.11. The SMILES string of the molecule is O=C(N[C@@H](Cn1nccn1)c1ccccc1)c1ccc(-c2ccsc2)cc1. The number of hydrogen-bond donors (Lipinski definition) is 1. The number of rotatable bonds is 6. The molecule has 2 aromatic carbocycles. The lowest BCUT2D eigenvalue weighted by Crippen LogP contribution is -2.32. The molecule has 2 heterocycles. The summed E-state index contributed by atoms with van der Waals surface area (Å²) in [7, 11) is 0. The van der Waals surface area contributed by atoms with Crippen molar-refractivity contribution >= 4 is 17.2 Å². The second kappa shape index (κ2) is 7.97. The molecule has 27 heavy (non-hydrogen) atoms. The summed E-state index contributed by atoms with van der Waals surface area (Å²) in [5.41, 5.74) is 3.91. The van der Waals surface area contributed by atoms with Gasteiger partial charge in [0.25, 0.3) is 5.91 Å². The Morgan fingerprint density at radius 1 is 0.963 bits per heavy atom. The van der Waals surface area contributed by atoms with Crippen molar-refractivity contribution in [2.45, 2.75) is 12.6 Å². The van der Waals surface area contributed by atoms with Gasteiger partial charge in [-0.2, -0.15) is 26.3 Å². The predicted octanol–water partition coefficient (Wildman–Crippen LogP) is 4.18. The second-order valence-corrected chi connectivity index (χ2v) is 6.89. The van der Waals surface area contributed by atoms with Gasteiger partial charge >= 0.3 is 0 Å². The normalized spacial score (nSPS) is 11.9. The Balaban J connectivity index is 1.52. The Labute approximate surface area is 161 Å². The van der Waals surface area contributed by atoms with E-state index in [1.807, 2.05) is 60.0 Å². The van der Waals surface area contributed by atoms with Crippen molar-refractivity contribution in [3.05, 3.63) is 94.9 Å². The zero-order valence-corrected chi connectivity index (χ0v) is 15.3. The Bertz CT molecular complexity index is 981. The summed E-state index contributed by atoms with van der Waals surface area (Å²) in [4.78, 5) is 14.4. The molecule has 0 aliphatic carbocycles. The molecule has 0 fully saturated rings. The molecule has 0 unspecified atom stereocenters. The summed E-state index contributed by atoms with van der Waals surface area (Å²) in [6.45, 7) is 0.468. The van der Waals surface area contributed by atoms with Crippen LogP contribution in [0.3, 0.4) is 0 Å². The Morgan fingerprint density at radius 2 is 1.70 bits per heavy atom. The highest BCUT2D eigenvalue weighted by atomic mass is 32.1. The maximum atomic E-state index is 12.8. The Morgan fingerprint density at radius 3 is 2.37 bits per heavy atom. The van der Waals surface area contributed by atoms with Crippen LogP contribution in [0.4, 0.5) is 0 Å². The van der Waals surface area contributed by atoms with Crippen LogP contribution in [-0.2, 0) is 6.54 Å². The molecule has 1 atom stereocenters. The highest BCUT2D eigenvalue weighted by Crippen LogP contribution is 2.22. The van der Waals surface area contributed by atoms with Crippen LogP contribution in [0, 0.1) is 0 Å². The van der Waals surface area contributed by atoms with Gasteiger partial charge in [0.15, 0.2) is 0 Å². The van der Waals surface area contributed by atoms with E-state index in [2.05, 4.69) is 27.0 Å². The molecule has 0 saturated carbocycles. The standard InChI is InChI=1S/C21H18N4OS/c26-21(18-8-6-16(7-9-18)19-10-13-27-15-19)24-20(14-25-22-11-12-23-25)17-4-2-1-3-5-17/h1-13,15,20H,14H2,(H,24,26)/t20-/m0/s1. The van der Waals surface area contributed by atoms with Gasteiger partial charge in [-0.3, -0.25) is 4.79 Å². The van der Waals surface area contributed by atoms with Crippen LogP contribution in [0.25, 0.3) is 11.1 Å². The van der Waals surface area contributed by atoms with Gasteiger partial charge < -0.3 is 5.32 Å². The number of benzene rings is 2. The first-order chi connectivity index (χ1) is 13.3. The van der Waals surface area contributed by atoms with E-state index in [1.54, 1.807) is 28.5 Å². The van der Waals surface area contributed by atoms with Crippen LogP contribution in [-0.4, -0.2) is 20.9 Å². The van der Waals surface area contributed by atoms with Crippen LogP contribution >= 0.6 is 11.3 Å². The molecule has 4 aromatic rings. The monoisotopic (exact) mass is 374 g/mol. The van der Waals surface area contributed by atoms with Crippen molar-refractivity contribution in [2.75, 3.05) is 0 Å². The average molecular weight is 374 g/mol. The van der Waals surface area contributed by atoms with E-state index < -0.39 is 0 Å². The first-order valence-corrected chi connectivity index (χ1v) is 9.56. The molecule has 0 radical (unpaired) electrons. The van der Waals surface area contributed by atoms with E-state index in [4.69, 9.17) is 0 Å². The van der Waals surface area contributed by atoms with E-state index in [0.717, 1.165) is 11.1 Å². The fourth-order valence-corrected chi connectivity index (χ4v) is 3.57. The molecule has 0 aliphatic rings. The number of thiophene rings is 1. The van der Waals surface area contributed by atoms with E-state index >= 15 is 0 Å². The van der Waals surface area contributed by atoms with Gasteiger partial charge in [0, 0.05) is 5.56 Å². The van der Waals surface area contributed by atoms with Crippen LogP contribution in [0.5, 0.6) is 0 Å². The number of amides is 1. The lowest BCUT2D eigenvalue weighted by Gasteiger charge is -2.19. The number of hydrogen-bond acceptors (Lipinski definition) is 4. The number of nitrogens with one attached hydrogen (secondary N) is 1. The van der Waals surface area contributed by atoms with Crippen molar-refractivity contribution in [1.82, 2.24) is 20.3 Å². The van der Waals surface area contributed by atoms with Gasteiger partial charge in [-0.05, 0) is 45.6 Å². The van der Waals surface area contributed by atoms with Crippen molar-refractivity contribution in [2.24, 2.45) is 0 Å². The quantitative estimate of drug-likeness (QED) is 0.551.